The zero-order valence-electron chi connectivity index (χ0n) is 16.0. The molecule has 0 unspecified atom stereocenters. The van der Waals surface area contributed by atoms with E-state index in [1.165, 1.54) is 21.7 Å². The highest BCUT2D eigenvalue weighted by Crippen LogP contribution is 2.34. The third-order valence-electron chi connectivity index (χ3n) is 4.65. The van der Waals surface area contributed by atoms with Crippen LogP contribution in [-0.2, 0) is 11.4 Å². The monoisotopic (exact) mass is 479 g/mol. The predicted octanol–water partition coefficient (Wildman–Crippen LogP) is 6.40. The number of benzene rings is 3. The van der Waals surface area contributed by atoms with E-state index in [1.807, 2.05) is 30.3 Å². The SMILES string of the molecule is C=CCN1C(=O)S/C(=C/c2ccc(OCc3ccc4ccccc4c3)c(Br)c2)C1=O. The average molecular weight is 480 g/mol. The lowest BCUT2D eigenvalue weighted by Crippen LogP contribution is -2.27. The van der Waals surface area contributed by atoms with Crippen LogP contribution >= 0.6 is 27.7 Å². The molecule has 2 amide bonds. The van der Waals surface area contributed by atoms with Gasteiger partial charge in [-0.1, -0.05) is 48.5 Å². The van der Waals surface area contributed by atoms with Crippen molar-refractivity contribution in [3.8, 4) is 5.75 Å². The molecule has 3 aromatic rings. The van der Waals surface area contributed by atoms with Gasteiger partial charge in [-0.25, -0.2) is 0 Å². The number of nitrogens with zero attached hydrogens (tertiary/aromatic N) is 1. The molecule has 0 N–H and O–H groups in total. The summed E-state index contributed by atoms with van der Waals surface area (Å²) in [5.74, 6) is 0.415. The lowest BCUT2D eigenvalue weighted by molar-refractivity contribution is -0.122. The molecule has 0 spiro atoms. The summed E-state index contributed by atoms with van der Waals surface area (Å²) < 4.78 is 6.75. The Kier molecular flexibility index (Phi) is 6.06. The van der Waals surface area contributed by atoms with Crippen molar-refractivity contribution in [2.75, 3.05) is 6.54 Å². The second-order valence-electron chi connectivity index (χ2n) is 6.74. The van der Waals surface area contributed by atoms with Crippen LogP contribution in [0.15, 0.2) is 82.7 Å². The van der Waals surface area contributed by atoms with Gasteiger partial charge in [-0.05, 0) is 73.9 Å². The van der Waals surface area contributed by atoms with Gasteiger partial charge in [0, 0.05) is 6.54 Å². The van der Waals surface area contributed by atoms with Crippen molar-refractivity contribution >= 4 is 55.7 Å². The Morgan fingerprint density at radius 3 is 2.60 bits per heavy atom. The van der Waals surface area contributed by atoms with Gasteiger partial charge in [0.15, 0.2) is 0 Å². The number of imide groups is 1. The molecule has 0 aliphatic carbocycles. The number of fused-ring (bicyclic) bond motifs is 1. The first-order valence-corrected chi connectivity index (χ1v) is 10.9. The molecule has 4 rings (SSSR count). The molecular weight excluding hydrogens is 462 g/mol. The number of amides is 2. The summed E-state index contributed by atoms with van der Waals surface area (Å²) in [6.45, 7) is 4.25. The maximum Gasteiger partial charge on any atom is 0.293 e. The van der Waals surface area contributed by atoms with Gasteiger partial charge in [-0.3, -0.25) is 14.5 Å². The van der Waals surface area contributed by atoms with Gasteiger partial charge in [-0.2, -0.15) is 0 Å². The Hall–Kier alpha value is -2.83. The molecule has 0 saturated carbocycles. The summed E-state index contributed by atoms with van der Waals surface area (Å²) >= 11 is 4.48. The average Bonchev–Trinajstić information content (AvgIpc) is 3.00. The van der Waals surface area contributed by atoms with E-state index < -0.39 is 0 Å². The number of hydrogen-bond acceptors (Lipinski definition) is 4. The zero-order chi connectivity index (χ0) is 21.1. The van der Waals surface area contributed by atoms with E-state index in [2.05, 4.69) is 52.8 Å². The lowest BCUT2D eigenvalue weighted by Gasteiger charge is -2.10. The van der Waals surface area contributed by atoms with E-state index in [4.69, 9.17) is 4.74 Å². The minimum Gasteiger partial charge on any atom is -0.488 e. The first-order valence-electron chi connectivity index (χ1n) is 9.31. The molecule has 1 aliphatic heterocycles. The third-order valence-corrected chi connectivity index (χ3v) is 6.17. The summed E-state index contributed by atoms with van der Waals surface area (Å²) in [6.07, 6.45) is 3.25. The normalized spacial score (nSPS) is 15.2. The lowest BCUT2D eigenvalue weighted by atomic mass is 10.1. The maximum absolute atomic E-state index is 12.3. The Balaban J connectivity index is 1.47. The summed E-state index contributed by atoms with van der Waals surface area (Å²) in [5.41, 5.74) is 1.89. The molecule has 30 heavy (non-hydrogen) atoms. The van der Waals surface area contributed by atoms with E-state index in [1.54, 1.807) is 6.08 Å². The van der Waals surface area contributed by atoms with Crippen molar-refractivity contribution in [1.29, 1.82) is 0 Å². The van der Waals surface area contributed by atoms with Gasteiger partial charge in [0.25, 0.3) is 11.1 Å². The fourth-order valence-corrected chi connectivity index (χ4v) is 4.51. The highest BCUT2D eigenvalue weighted by Gasteiger charge is 2.34. The highest BCUT2D eigenvalue weighted by molar-refractivity contribution is 9.10. The molecule has 1 heterocycles. The van der Waals surface area contributed by atoms with Gasteiger partial charge in [0.2, 0.25) is 0 Å². The van der Waals surface area contributed by atoms with Gasteiger partial charge in [0.05, 0.1) is 9.38 Å². The van der Waals surface area contributed by atoms with Crippen LogP contribution in [0.2, 0.25) is 0 Å². The van der Waals surface area contributed by atoms with Gasteiger partial charge >= 0.3 is 0 Å². The summed E-state index contributed by atoms with van der Waals surface area (Å²) in [7, 11) is 0. The first-order chi connectivity index (χ1) is 14.5. The molecule has 150 valence electrons. The molecule has 0 aromatic heterocycles. The van der Waals surface area contributed by atoms with E-state index in [9.17, 15) is 9.59 Å². The quantitative estimate of drug-likeness (QED) is 0.303. The van der Waals surface area contributed by atoms with Crippen LogP contribution in [0.4, 0.5) is 4.79 Å². The van der Waals surface area contributed by atoms with Gasteiger partial charge < -0.3 is 4.74 Å². The minimum absolute atomic E-state index is 0.216. The number of carbonyl (C=O) groups is 2. The van der Waals surface area contributed by atoms with Crippen molar-refractivity contribution in [2.45, 2.75) is 6.61 Å². The molecule has 1 saturated heterocycles. The van der Waals surface area contributed by atoms with Crippen LogP contribution in [0, 0.1) is 0 Å². The number of halogens is 1. The van der Waals surface area contributed by atoms with Gasteiger partial charge in [-0.15, -0.1) is 6.58 Å². The van der Waals surface area contributed by atoms with Crippen LogP contribution < -0.4 is 4.74 Å². The number of carbonyl (C=O) groups excluding carboxylic acids is 2. The summed E-state index contributed by atoms with van der Waals surface area (Å²) in [5, 5.41) is 2.10. The minimum atomic E-state index is -0.294. The van der Waals surface area contributed by atoms with Crippen LogP contribution in [-0.4, -0.2) is 22.6 Å². The molecule has 3 aromatic carbocycles. The van der Waals surface area contributed by atoms with E-state index in [-0.39, 0.29) is 17.7 Å². The molecule has 1 aliphatic rings. The first kappa shape index (κ1) is 20.4. The van der Waals surface area contributed by atoms with Crippen molar-refractivity contribution in [3.63, 3.8) is 0 Å². The standard InChI is InChI=1S/C24H18BrNO3S/c1-2-11-26-23(27)22(30-24(26)28)14-16-8-10-21(20(25)13-16)29-15-17-7-9-18-5-3-4-6-19(18)12-17/h2-10,12-14H,1,11,15H2/b22-14+. The van der Waals surface area contributed by atoms with Crippen molar-refractivity contribution in [3.05, 3.63) is 93.8 Å². The van der Waals surface area contributed by atoms with Crippen molar-refractivity contribution < 1.29 is 14.3 Å². The molecule has 1 fully saturated rings. The van der Waals surface area contributed by atoms with Crippen LogP contribution in [0.5, 0.6) is 5.75 Å². The fourth-order valence-electron chi connectivity index (χ4n) is 3.15. The van der Waals surface area contributed by atoms with Crippen LogP contribution in [0.3, 0.4) is 0 Å². The Labute approximate surface area is 187 Å². The van der Waals surface area contributed by atoms with Gasteiger partial charge in [0.1, 0.15) is 12.4 Å². The summed E-state index contributed by atoms with van der Waals surface area (Å²) in [4.78, 5) is 25.9. The third kappa shape index (κ3) is 4.35. The number of hydrogen-bond donors (Lipinski definition) is 0. The van der Waals surface area contributed by atoms with Crippen LogP contribution in [0.1, 0.15) is 11.1 Å². The fraction of sp³-hybridized carbons (Fsp3) is 0.0833. The van der Waals surface area contributed by atoms with Crippen molar-refractivity contribution in [1.82, 2.24) is 4.90 Å². The zero-order valence-corrected chi connectivity index (χ0v) is 18.4. The molecule has 0 bridgehead atoms. The second kappa shape index (κ2) is 8.90. The topological polar surface area (TPSA) is 46.6 Å². The summed E-state index contributed by atoms with van der Waals surface area (Å²) in [6, 6.07) is 20.1. The largest absolute Gasteiger partial charge is 0.488 e. The smallest absolute Gasteiger partial charge is 0.293 e. The molecule has 4 nitrogen and oxygen atoms in total. The molecule has 6 heteroatoms. The molecule has 0 atom stereocenters. The van der Waals surface area contributed by atoms with E-state index in [0.29, 0.717) is 17.3 Å². The second-order valence-corrected chi connectivity index (χ2v) is 8.59. The van der Waals surface area contributed by atoms with E-state index in [0.717, 1.165) is 27.4 Å². The van der Waals surface area contributed by atoms with Crippen molar-refractivity contribution in [2.24, 2.45) is 0 Å². The maximum atomic E-state index is 12.3. The highest BCUT2D eigenvalue weighted by atomic mass is 79.9. The number of ether oxygens (including phenoxy) is 1. The Morgan fingerprint density at radius 2 is 1.83 bits per heavy atom. The van der Waals surface area contributed by atoms with Crippen LogP contribution in [0.25, 0.3) is 16.8 Å². The number of thioether (sulfide) groups is 1. The Morgan fingerprint density at radius 1 is 1.03 bits per heavy atom. The Bertz CT molecular complexity index is 1190. The predicted molar refractivity (Wildman–Crippen MR) is 125 cm³/mol. The molecular formula is C24H18BrNO3S. The van der Waals surface area contributed by atoms with E-state index >= 15 is 0 Å². The molecule has 0 radical (unpaired) electrons. The number of rotatable bonds is 6.